The number of carboxylic acids is 1. The van der Waals surface area contributed by atoms with E-state index < -0.39 is 17.5 Å². The molecule has 1 aliphatic rings. The Morgan fingerprint density at radius 2 is 1.42 bits per heavy atom. The van der Waals surface area contributed by atoms with Crippen LogP contribution in [0.25, 0.3) is 0 Å². The Kier molecular flexibility index (Phi) is 8.60. The lowest BCUT2D eigenvalue weighted by molar-refractivity contribution is -0.142. The van der Waals surface area contributed by atoms with Crippen LogP contribution in [0.2, 0.25) is 0 Å². The first-order chi connectivity index (χ1) is 17.4. The molecule has 1 fully saturated rings. The van der Waals surface area contributed by atoms with E-state index in [2.05, 4.69) is 65.6 Å². The van der Waals surface area contributed by atoms with Crippen molar-refractivity contribution in [1.82, 2.24) is 4.90 Å². The van der Waals surface area contributed by atoms with Gasteiger partial charge in [-0.3, -0.25) is 4.79 Å². The van der Waals surface area contributed by atoms with E-state index in [9.17, 15) is 15.0 Å². The smallest absolute Gasteiger partial charge is 0.313 e. The van der Waals surface area contributed by atoms with Gasteiger partial charge < -0.3 is 15.1 Å². The lowest BCUT2D eigenvalue weighted by Gasteiger charge is -2.37. The Bertz CT molecular complexity index is 1070. The maximum atomic E-state index is 11.8. The van der Waals surface area contributed by atoms with Crippen LogP contribution in [0.1, 0.15) is 73.8 Å². The van der Waals surface area contributed by atoms with Crippen LogP contribution in [0.3, 0.4) is 0 Å². The molecule has 0 aliphatic carbocycles. The van der Waals surface area contributed by atoms with Crippen molar-refractivity contribution in [1.29, 1.82) is 0 Å². The Hall–Kier alpha value is -2.95. The maximum Gasteiger partial charge on any atom is 0.313 e. The zero-order chi connectivity index (χ0) is 25.5. The van der Waals surface area contributed by atoms with Crippen molar-refractivity contribution < 1.29 is 15.0 Å². The Morgan fingerprint density at radius 3 is 1.97 bits per heavy atom. The van der Waals surface area contributed by atoms with Crippen LogP contribution >= 0.6 is 0 Å². The summed E-state index contributed by atoms with van der Waals surface area (Å²) < 4.78 is 0. The fourth-order valence-corrected chi connectivity index (χ4v) is 5.70. The van der Waals surface area contributed by atoms with Crippen molar-refractivity contribution in [2.24, 2.45) is 5.92 Å². The number of aliphatic hydroxyl groups is 1. The molecule has 4 rings (SSSR count). The second-order valence-corrected chi connectivity index (χ2v) is 10.7. The van der Waals surface area contributed by atoms with E-state index in [-0.39, 0.29) is 0 Å². The molecule has 1 atom stereocenters. The molecule has 1 heterocycles. The minimum Gasteiger partial charge on any atom is -0.481 e. The van der Waals surface area contributed by atoms with E-state index in [0.29, 0.717) is 23.8 Å². The minimum absolute atomic E-state index is 0.422. The average molecular weight is 486 g/mol. The van der Waals surface area contributed by atoms with Crippen molar-refractivity contribution in [2.45, 2.75) is 57.0 Å². The molecule has 3 aromatic rings. The number of carbonyl (C=O) groups is 1. The van der Waals surface area contributed by atoms with Crippen LogP contribution < -0.4 is 0 Å². The SMILES string of the molecule is CC(C)(C(=O)O)c1ccccc1C(O)CCCN1CCC(C(c2ccccc2)c2ccccc2)CC1. The van der Waals surface area contributed by atoms with Gasteiger partial charge in [-0.1, -0.05) is 84.9 Å². The van der Waals surface area contributed by atoms with Crippen molar-refractivity contribution in [3.63, 3.8) is 0 Å². The molecule has 190 valence electrons. The number of hydrogen-bond donors (Lipinski definition) is 2. The summed E-state index contributed by atoms with van der Waals surface area (Å²) in [5.74, 6) is 0.154. The number of benzene rings is 3. The van der Waals surface area contributed by atoms with Gasteiger partial charge in [-0.15, -0.1) is 0 Å². The van der Waals surface area contributed by atoms with Crippen LogP contribution in [0.4, 0.5) is 0 Å². The summed E-state index contributed by atoms with van der Waals surface area (Å²) in [7, 11) is 0. The molecule has 0 saturated carbocycles. The van der Waals surface area contributed by atoms with Crippen LogP contribution in [-0.4, -0.2) is 40.7 Å². The average Bonchev–Trinajstić information content (AvgIpc) is 2.91. The molecular weight excluding hydrogens is 446 g/mol. The summed E-state index contributed by atoms with van der Waals surface area (Å²) in [5, 5.41) is 20.6. The van der Waals surface area contributed by atoms with Gasteiger partial charge in [0.15, 0.2) is 0 Å². The first-order valence-electron chi connectivity index (χ1n) is 13.2. The molecule has 3 aromatic carbocycles. The second kappa shape index (κ2) is 11.9. The topological polar surface area (TPSA) is 60.8 Å². The fraction of sp³-hybridized carbons (Fsp3) is 0.406. The third-order valence-corrected chi connectivity index (χ3v) is 7.90. The third-order valence-electron chi connectivity index (χ3n) is 7.90. The number of aliphatic carboxylic acids is 1. The number of likely N-dealkylation sites (tertiary alicyclic amines) is 1. The number of carboxylic acid groups (broad SMARTS) is 1. The van der Waals surface area contributed by atoms with Gasteiger partial charge in [0.1, 0.15) is 0 Å². The maximum absolute atomic E-state index is 11.8. The van der Waals surface area contributed by atoms with Gasteiger partial charge in [0.2, 0.25) is 0 Å². The van der Waals surface area contributed by atoms with Gasteiger partial charge in [-0.05, 0) is 87.3 Å². The van der Waals surface area contributed by atoms with Crippen molar-refractivity contribution in [3.05, 3.63) is 107 Å². The van der Waals surface area contributed by atoms with E-state index >= 15 is 0 Å². The van der Waals surface area contributed by atoms with E-state index in [4.69, 9.17) is 0 Å². The number of hydrogen-bond acceptors (Lipinski definition) is 3. The molecule has 1 aliphatic heterocycles. The van der Waals surface area contributed by atoms with Gasteiger partial charge in [-0.2, -0.15) is 0 Å². The molecule has 0 amide bonds. The third kappa shape index (κ3) is 6.05. The summed E-state index contributed by atoms with van der Waals surface area (Å²) in [6, 6.07) is 29.2. The monoisotopic (exact) mass is 485 g/mol. The Balaban J connectivity index is 1.33. The molecule has 0 spiro atoms. The Labute approximate surface area is 215 Å². The van der Waals surface area contributed by atoms with E-state index in [1.54, 1.807) is 13.8 Å². The number of piperidine rings is 1. The normalized spacial score (nSPS) is 16.2. The summed E-state index contributed by atoms with van der Waals surface area (Å²) in [5.41, 5.74) is 3.19. The van der Waals surface area contributed by atoms with E-state index in [1.807, 2.05) is 24.3 Å². The van der Waals surface area contributed by atoms with Crippen LogP contribution in [0, 0.1) is 5.92 Å². The quantitative estimate of drug-likeness (QED) is 0.348. The molecular formula is C32H39NO3. The largest absolute Gasteiger partial charge is 0.481 e. The van der Waals surface area contributed by atoms with Crippen LogP contribution in [-0.2, 0) is 10.2 Å². The van der Waals surface area contributed by atoms with Gasteiger partial charge in [-0.25, -0.2) is 0 Å². The predicted octanol–water partition coefficient (Wildman–Crippen LogP) is 6.41. The highest BCUT2D eigenvalue weighted by Crippen LogP contribution is 2.38. The number of rotatable bonds is 10. The van der Waals surface area contributed by atoms with Gasteiger partial charge in [0, 0.05) is 5.92 Å². The summed E-state index contributed by atoms with van der Waals surface area (Å²) in [6.45, 7) is 6.49. The predicted molar refractivity (Wildman–Crippen MR) is 145 cm³/mol. The lowest BCUT2D eigenvalue weighted by Crippen LogP contribution is -2.36. The molecule has 1 unspecified atom stereocenters. The molecule has 0 aromatic heterocycles. The molecule has 0 bridgehead atoms. The summed E-state index contributed by atoms with van der Waals surface area (Å²) in [6.07, 6.45) is 3.18. The summed E-state index contributed by atoms with van der Waals surface area (Å²) >= 11 is 0. The minimum atomic E-state index is -1.03. The highest BCUT2D eigenvalue weighted by atomic mass is 16.4. The molecule has 4 nitrogen and oxygen atoms in total. The molecule has 2 N–H and O–H groups in total. The zero-order valence-corrected chi connectivity index (χ0v) is 21.5. The first kappa shape index (κ1) is 26.1. The van der Waals surface area contributed by atoms with Crippen molar-refractivity contribution in [2.75, 3.05) is 19.6 Å². The Morgan fingerprint density at radius 1 is 0.889 bits per heavy atom. The zero-order valence-electron chi connectivity index (χ0n) is 21.5. The van der Waals surface area contributed by atoms with Gasteiger partial charge in [0.05, 0.1) is 11.5 Å². The van der Waals surface area contributed by atoms with Gasteiger partial charge >= 0.3 is 5.97 Å². The van der Waals surface area contributed by atoms with Crippen LogP contribution in [0.5, 0.6) is 0 Å². The molecule has 0 radical (unpaired) electrons. The number of aliphatic hydroxyl groups excluding tert-OH is 1. The fourth-order valence-electron chi connectivity index (χ4n) is 5.70. The van der Waals surface area contributed by atoms with E-state index in [1.165, 1.54) is 11.1 Å². The van der Waals surface area contributed by atoms with Crippen molar-refractivity contribution in [3.8, 4) is 0 Å². The van der Waals surface area contributed by atoms with E-state index in [0.717, 1.165) is 44.5 Å². The standard InChI is InChI=1S/C32H39NO3/c1-32(2,31(35)36)28-17-10-9-16-27(28)29(34)18-11-21-33-22-19-26(20-23-33)30(24-12-5-3-6-13-24)25-14-7-4-8-15-25/h3-10,12-17,26,29-30,34H,11,18-23H2,1-2H3,(H,35,36). The molecule has 36 heavy (non-hydrogen) atoms. The first-order valence-corrected chi connectivity index (χ1v) is 13.2. The van der Waals surface area contributed by atoms with Crippen LogP contribution in [0.15, 0.2) is 84.9 Å². The second-order valence-electron chi connectivity index (χ2n) is 10.7. The highest BCUT2D eigenvalue weighted by Gasteiger charge is 2.33. The molecule has 4 heteroatoms. The van der Waals surface area contributed by atoms with Crippen molar-refractivity contribution >= 4 is 5.97 Å². The lowest BCUT2D eigenvalue weighted by atomic mass is 9.76. The molecule has 1 saturated heterocycles. The number of nitrogens with zero attached hydrogens (tertiary/aromatic N) is 1. The highest BCUT2D eigenvalue weighted by molar-refractivity contribution is 5.80. The van der Waals surface area contributed by atoms with Gasteiger partial charge in [0.25, 0.3) is 0 Å². The summed E-state index contributed by atoms with van der Waals surface area (Å²) in [4.78, 5) is 14.3.